The lowest BCUT2D eigenvalue weighted by atomic mass is 10.2. The average Bonchev–Trinajstić information content (AvgIpc) is 2.58. The zero-order valence-electron chi connectivity index (χ0n) is 8.10. The van der Waals surface area contributed by atoms with Crippen LogP contribution in [0.4, 0.5) is 0 Å². The van der Waals surface area contributed by atoms with Crippen LogP contribution >= 0.6 is 23.7 Å². The van der Waals surface area contributed by atoms with Crippen molar-refractivity contribution >= 4 is 28.7 Å². The summed E-state index contributed by atoms with van der Waals surface area (Å²) >= 11 is 1.63. The number of hydrogen-bond donors (Lipinski definition) is 1. The molecule has 0 aliphatic carbocycles. The number of nitrogens with two attached hydrogens (primary N) is 1. The molecule has 0 radical (unpaired) electrons. The summed E-state index contributed by atoms with van der Waals surface area (Å²) in [6.07, 6.45) is 1.89. The van der Waals surface area contributed by atoms with Crippen LogP contribution in [0.2, 0.25) is 0 Å². The van der Waals surface area contributed by atoms with Gasteiger partial charge in [0, 0.05) is 12.5 Å². The summed E-state index contributed by atoms with van der Waals surface area (Å²) < 4.78 is 1.81. The molecule has 0 spiro atoms. The molecular weight excluding hydrogens is 220 g/mol. The first-order valence-corrected chi connectivity index (χ1v) is 5.07. The van der Waals surface area contributed by atoms with Gasteiger partial charge in [-0.3, -0.25) is 0 Å². The van der Waals surface area contributed by atoms with E-state index in [1.54, 1.807) is 11.3 Å². The van der Waals surface area contributed by atoms with Gasteiger partial charge in [-0.2, -0.15) is 5.10 Å². The molecular formula is C8H13ClN4S. The third kappa shape index (κ3) is 1.89. The summed E-state index contributed by atoms with van der Waals surface area (Å²) in [5.41, 5.74) is 6.37. The Bertz CT molecular complexity index is 388. The molecule has 2 aromatic heterocycles. The topological polar surface area (TPSA) is 56.2 Å². The summed E-state index contributed by atoms with van der Waals surface area (Å²) in [4.78, 5) is 5.26. The zero-order valence-corrected chi connectivity index (χ0v) is 9.73. The molecule has 0 bridgehead atoms. The van der Waals surface area contributed by atoms with Crippen LogP contribution in [0, 0.1) is 0 Å². The molecule has 0 atom stereocenters. The SMILES string of the molecule is CC(C)c1nn2cc(CN)nc2s1.Cl. The fraction of sp³-hybridized carbons (Fsp3) is 0.500. The number of fused-ring (bicyclic) bond motifs is 1. The second kappa shape index (κ2) is 4.25. The minimum Gasteiger partial charge on any atom is -0.325 e. The van der Waals surface area contributed by atoms with E-state index in [1.165, 1.54) is 0 Å². The summed E-state index contributed by atoms with van der Waals surface area (Å²) in [5.74, 6) is 0.466. The van der Waals surface area contributed by atoms with E-state index < -0.39 is 0 Å². The summed E-state index contributed by atoms with van der Waals surface area (Å²) in [6, 6.07) is 0. The molecule has 14 heavy (non-hydrogen) atoms. The smallest absolute Gasteiger partial charge is 0.212 e. The van der Waals surface area contributed by atoms with Crippen LogP contribution in [0.5, 0.6) is 0 Å². The first-order chi connectivity index (χ1) is 6.20. The predicted octanol–water partition coefficient (Wildman–Crippen LogP) is 1.79. The molecule has 78 valence electrons. The molecule has 2 aromatic rings. The highest BCUT2D eigenvalue weighted by Crippen LogP contribution is 2.21. The molecule has 0 aromatic carbocycles. The van der Waals surface area contributed by atoms with Crippen molar-refractivity contribution < 1.29 is 0 Å². The van der Waals surface area contributed by atoms with Crippen molar-refractivity contribution in [1.29, 1.82) is 0 Å². The van der Waals surface area contributed by atoms with Gasteiger partial charge in [0.2, 0.25) is 4.96 Å². The van der Waals surface area contributed by atoms with Crippen molar-refractivity contribution in [2.75, 3.05) is 0 Å². The summed E-state index contributed by atoms with van der Waals surface area (Å²) in [5, 5.41) is 5.51. The lowest BCUT2D eigenvalue weighted by Crippen LogP contribution is -1.96. The second-order valence-electron chi connectivity index (χ2n) is 3.26. The maximum atomic E-state index is 5.47. The fourth-order valence-electron chi connectivity index (χ4n) is 1.09. The van der Waals surface area contributed by atoms with Gasteiger partial charge in [0.05, 0.1) is 11.9 Å². The van der Waals surface area contributed by atoms with E-state index in [-0.39, 0.29) is 12.4 Å². The van der Waals surface area contributed by atoms with E-state index in [9.17, 15) is 0 Å². The Hall–Kier alpha value is -0.650. The molecule has 2 rings (SSSR count). The van der Waals surface area contributed by atoms with Gasteiger partial charge in [0.1, 0.15) is 5.01 Å². The molecule has 2 heterocycles. The van der Waals surface area contributed by atoms with E-state index in [4.69, 9.17) is 5.73 Å². The van der Waals surface area contributed by atoms with Gasteiger partial charge in [0.25, 0.3) is 0 Å². The molecule has 2 N–H and O–H groups in total. The number of hydrogen-bond acceptors (Lipinski definition) is 4. The third-order valence-electron chi connectivity index (χ3n) is 1.81. The van der Waals surface area contributed by atoms with Crippen LogP contribution < -0.4 is 5.73 Å². The van der Waals surface area contributed by atoms with E-state index >= 15 is 0 Å². The number of nitrogens with zero attached hydrogens (tertiary/aromatic N) is 3. The Labute approximate surface area is 92.6 Å². The van der Waals surface area contributed by atoms with Gasteiger partial charge in [-0.15, -0.1) is 12.4 Å². The molecule has 0 aliphatic rings. The molecule has 6 heteroatoms. The van der Waals surface area contributed by atoms with E-state index in [2.05, 4.69) is 23.9 Å². The van der Waals surface area contributed by atoms with Crippen LogP contribution in [0.3, 0.4) is 0 Å². The van der Waals surface area contributed by atoms with Gasteiger partial charge >= 0.3 is 0 Å². The molecule has 0 saturated carbocycles. The molecule has 0 unspecified atom stereocenters. The lowest BCUT2D eigenvalue weighted by Gasteiger charge is -1.94. The van der Waals surface area contributed by atoms with Crippen molar-refractivity contribution in [2.24, 2.45) is 5.73 Å². The van der Waals surface area contributed by atoms with Gasteiger partial charge in [-0.25, -0.2) is 9.50 Å². The highest BCUT2D eigenvalue weighted by molar-refractivity contribution is 7.16. The number of aromatic nitrogens is 3. The predicted molar refractivity (Wildman–Crippen MR) is 60.1 cm³/mol. The Morgan fingerprint density at radius 1 is 1.57 bits per heavy atom. The highest BCUT2D eigenvalue weighted by Gasteiger charge is 2.09. The van der Waals surface area contributed by atoms with Crippen LogP contribution in [-0.2, 0) is 6.54 Å². The van der Waals surface area contributed by atoms with Gasteiger partial charge in [-0.1, -0.05) is 25.2 Å². The minimum atomic E-state index is 0. The number of halogens is 1. The lowest BCUT2D eigenvalue weighted by molar-refractivity contribution is 0.800. The molecule has 0 amide bonds. The Balaban J connectivity index is 0.000000980. The van der Waals surface area contributed by atoms with E-state index in [1.807, 2.05) is 10.7 Å². The Morgan fingerprint density at radius 3 is 2.79 bits per heavy atom. The standard InChI is InChI=1S/C8H12N4S.ClH/c1-5(2)7-11-12-4-6(3-9)10-8(12)13-7;/h4-5H,3,9H2,1-2H3;1H. The van der Waals surface area contributed by atoms with Crippen LogP contribution in [0.1, 0.15) is 30.5 Å². The first kappa shape index (κ1) is 11.4. The largest absolute Gasteiger partial charge is 0.325 e. The molecule has 0 saturated heterocycles. The normalized spacial score (nSPS) is 10.9. The minimum absolute atomic E-state index is 0. The number of imidazole rings is 1. The maximum absolute atomic E-state index is 5.47. The van der Waals surface area contributed by atoms with E-state index in [0.717, 1.165) is 15.7 Å². The first-order valence-electron chi connectivity index (χ1n) is 4.25. The van der Waals surface area contributed by atoms with E-state index in [0.29, 0.717) is 12.5 Å². The molecule has 0 fully saturated rings. The van der Waals surface area contributed by atoms with Crippen molar-refractivity contribution in [3.05, 3.63) is 16.9 Å². The summed E-state index contributed by atoms with van der Waals surface area (Å²) in [6.45, 7) is 4.73. The maximum Gasteiger partial charge on any atom is 0.212 e. The zero-order chi connectivity index (χ0) is 9.42. The third-order valence-corrected chi connectivity index (χ3v) is 3.03. The van der Waals surface area contributed by atoms with Crippen molar-refractivity contribution in [1.82, 2.24) is 14.6 Å². The summed E-state index contributed by atoms with van der Waals surface area (Å²) in [7, 11) is 0. The Kier molecular flexibility index (Phi) is 3.47. The van der Waals surface area contributed by atoms with Gasteiger partial charge in [-0.05, 0) is 0 Å². The average molecular weight is 233 g/mol. The monoisotopic (exact) mass is 232 g/mol. The van der Waals surface area contributed by atoms with Crippen LogP contribution in [0.25, 0.3) is 4.96 Å². The van der Waals surface area contributed by atoms with Crippen molar-refractivity contribution in [2.45, 2.75) is 26.3 Å². The quantitative estimate of drug-likeness (QED) is 0.859. The highest BCUT2D eigenvalue weighted by atomic mass is 35.5. The van der Waals surface area contributed by atoms with Gasteiger partial charge < -0.3 is 5.73 Å². The van der Waals surface area contributed by atoms with Crippen molar-refractivity contribution in [3.8, 4) is 0 Å². The van der Waals surface area contributed by atoms with Crippen molar-refractivity contribution in [3.63, 3.8) is 0 Å². The number of rotatable bonds is 2. The fourth-order valence-corrected chi connectivity index (χ4v) is 1.99. The second-order valence-corrected chi connectivity index (χ2v) is 4.25. The van der Waals surface area contributed by atoms with Gasteiger partial charge in [0.15, 0.2) is 0 Å². The van der Waals surface area contributed by atoms with Crippen LogP contribution in [-0.4, -0.2) is 14.6 Å². The Morgan fingerprint density at radius 2 is 2.29 bits per heavy atom. The molecule has 0 aliphatic heterocycles. The van der Waals surface area contributed by atoms with Crippen LogP contribution in [0.15, 0.2) is 6.20 Å². The molecule has 4 nitrogen and oxygen atoms in total.